The van der Waals surface area contributed by atoms with Crippen LogP contribution in [-0.4, -0.2) is 17.3 Å². The number of hydrogen-bond acceptors (Lipinski definition) is 5. The second-order valence-corrected chi connectivity index (χ2v) is 3.95. The Hall–Kier alpha value is -2.06. The number of nitriles is 1. The summed E-state index contributed by atoms with van der Waals surface area (Å²) in [6.45, 7) is 0. The third-order valence-electron chi connectivity index (χ3n) is 2.32. The molecule has 0 aliphatic heterocycles. The number of ether oxygens (including phenoxy) is 1. The van der Waals surface area contributed by atoms with Gasteiger partial charge in [-0.2, -0.15) is 10.2 Å². The quantitative estimate of drug-likeness (QED) is 0.848. The van der Waals surface area contributed by atoms with Crippen molar-refractivity contribution in [1.82, 2.24) is 10.1 Å². The van der Waals surface area contributed by atoms with Gasteiger partial charge in [-0.25, -0.2) is 0 Å². The number of aryl methyl sites for hydroxylation is 1. The van der Waals surface area contributed by atoms with E-state index in [1.807, 2.05) is 6.07 Å². The molecule has 0 spiro atoms. The third kappa shape index (κ3) is 2.60. The van der Waals surface area contributed by atoms with Crippen LogP contribution in [0.3, 0.4) is 0 Å². The summed E-state index contributed by atoms with van der Waals surface area (Å²) >= 11 is 5.88. The predicted octanol–water partition coefficient (Wildman–Crippen LogP) is 2.85. The van der Waals surface area contributed by atoms with Crippen molar-refractivity contribution in [1.29, 1.82) is 5.26 Å². The minimum absolute atomic E-state index is 0.347. The van der Waals surface area contributed by atoms with E-state index in [1.165, 1.54) is 0 Å². The van der Waals surface area contributed by atoms with E-state index >= 15 is 0 Å². The van der Waals surface area contributed by atoms with E-state index in [4.69, 9.17) is 26.1 Å². The molecule has 18 heavy (non-hydrogen) atoms. The second-order valence-electron chi connectivity index (χ2n) is 3.51. The Morgan fingerprint density at radius 3 is 3.06 bits per heavy atom. The van der Waals surface area contributed by atoms with E-state index in [0.717, 1.165) is 0 Å². The van der Waals surface area contributed by atoms with Crippen LogP contribution in [0.1, 0.15) is 12.3 Å². The molecule has 0 fully saturated rings. The van der Waals surface area contributed by atoms with Crippen molar-refractivity contribution in [3.05, 3.63) is 29.1 Å². The smallest absolute Gasteiger partial charge is 0.227 e. The van der Waals surface area contributed by atoms with Crippen molar-refractivity contribution >= 4 is 11.6 Å². The number of halogens is 1. The standard InChI is InChI=1S/C12H10ClN3O2/c1-17-10-7-8(13)4-5-9(10)12-15-11(18-16-12)3-2-6-14/h4-5,7H,2-3H2,1H3. The fourth-order valence-corrected chi connectivity index (χ4v) is 1.64. The number of aromatic nitrogens is 2. The molecule has 0 amide bonds. The van der Waals surface area contributed by atoms with Crippen LogP contribution in [0.25, 0.3) is 11.4 Å². The average molecular weight is 264 g/mol. The summed E-state index contributed by atoms with van der Waals surface area (Å²) in [6.07, 6.45) is 0.790. The average Bonchev–Trinajstić information content (AvgIpc) is 2.84. The van der Waals surface area contributed by atoms with Crippen molar-refractivity contribution in [3.63, 3.8) is 0 Å². The third-order valence-corrected chi connectivity index (χ3v) is 2.56. The summed E-state index contributed by atoms with van der Waals surface area (Å²) in [6, 6.07) is 7.20. The van der Waals surface area contributed by atoms with E-state index in [1.54, 1.807) is 25.3 Å². The molecular formula is C12H10ClN3O2. The van der Waals surface area contributed by atoms with Gasteiger partial charge < -0.3 is 9.26 Å². The first-order valence-corrected chi connectivity index (χ1v) is 5.66. The highest BCUT2D eigenvalue weighted by atomic mass is 35.5. The van der Waals surface area contributed by atoms with Gasteiger partial charge in [-0.05, 0) is 18.2 Å². The minimum atomic E-state index is 0.347. The van der Waals surface area contributed by atoms with Crippen molar-refractivity contribution in [2.24, 2.45) is 0 Å². The summed E-state index contributed by atoms with van der Waals surface area (Å²) in [5.41, 5.74) is 0.703. The number of hydrogen-bond donors (Lipinski definition) is 0. The molecule has 5 nitrogen and oxygen atoms in total. The van der Waals surface area contributed by atoms with Crippen molar-refractivity contribution < 1.29 is 9.26 Å². The summed E-state index contributed by atoms with van der Waals surface area (Å²) in [4.78, 5) is 4.20. The van der Waals surface area contributed by atoms with E-state index in [-0.39, 0.29) is 0 Å². The normalized spacial score (nSPS) is 10.1. The molecule has 92 valence electrons. The molecule has 1 aromatic carbocycles. The topological polar surface area (TPSA) is 71.9 Å². The lowest BCUT2D eigenvalue weighted by Crippen LogP contribution is -1.90. The molecule has 0 bridgehead atoms. The lowest BCUT2D eigenvalue weighted by molar-refractivity contribution is 0.379. The molecule has 1 heterocycles. The largest absolute Gasteiger partial charge is 0.496 e. The summed E-state index contributed by atoms with van der Waals surface area (Å²) in [5, 5.41) is 12.9. The molecule has 2 rings (SSSR count). The molecule has 0 unspecified atom stereocenters. The Labute approximate surface area is 109 Å². The Morgan fingerprint density at radius 1 is 1.50 bits per heavy atom. The van der Waals surface area contributed by atoms with Crippen molar-refractivity contribution in [2.75, 3.05) is 7.11 Å². The number of nitrogens with zero attached hydrogens (tertiary/aromatic N) is 3. The zero-order chi connectivity index (χ0) is 13.0. The maximum absolute atomic E-state index is 8.49. The molecule has 0 N–H and O–H groups in total. The molecule has 2 aromatic rings. The zero-order valence-corrected chi connectivity index (χ0v) is 10.4. The van der Waals surface area contributed by atoms with Gasteiger partial charge in [0.15, 0.2) is 0 Å². The molecule has 0 saturated carbocycles. The molecule has 0 aliphatic carbocycles. The van der Waals surface area contributed by atoms with Gasteiger partial charge in [0.2, 0.25) is 11.7 Å². The Bertz CT molecular complexity index is 589. The predicted molar refractivity (Wildman–Crippen MR) is 65.2 cm³/mol. The first-order chi connectivity index (χ1) is 8.74. The maximum atomic E-state index is 8.49. The lowest BCUT2D eigenvalue weighted by atomic mass is 10.2. The van der Waals surface area contributed by atoms with Crippen LogP contribution < -0.4 is 4.74 Å². The van der Waals surface area contributed by atoms with E-state index in [0.29, 0.717) is 40.9 Å². The van der Waals surface area contributed by atoms with Gasteiger partial charge in [-0.1, -0.05) is 16.8 Å². The molecule has 0 aliphatic rings. The van der Waals surface area contributed by atoms with Crippen LogP contribution in [-0.2, 0) is 6.42 Å². The van der Waals surface area contributed by atoms with Gasteiger partial charge in [0, 0.05) is 17.9 Å². The van der Waals surface area contributed by atoms with Gasteiger partial charge in [0.25, 0.3) is 0 Å². The summed E-state index contributed by atoms with van der Waals surface area (Å²) < 4.78 is 10.3. The Balaban J connectivity index is 2.31. The van der Waals surface area contributed by atoms with Crippen LogP contribution in [0.5, 0.6) is 5.75 Å². The SMILES string of the molecule is COc1cc(Cl)ccc1-c1noc(CCC#N)n1. The molecular weight excluding hydrogens is 254 g/mol. The number of benzene rings is 1. The fraction of sp³-hybridized carbons (Fsp3) is 0.250. The first-order valence-electron chi connectivity index (χ1n) is 5.28. The lowest BCUT2D eigenvalue weighted by Gasteiger charge is -2.04. The van der Waals surface area contributed by atoms with Gasteiger partial charge in [0.1, 0.15) is 5.75 Å². The highest BCUT2D eigenvalue weighted by molar-refractivity contribution is 6.30. The minimum Gasteiger partial charge on any atom is -0.496 e. The van der Waals surface area contributed by atoms with E-state index in [9.17, 15) is 0 Å². The number of methoxy groups -OCH3 is 1. The van der Waals surface area contributed by atoms with Gasteiger partial charge in [0.05, 0.1) is 18.7 Å². The van der Waals surface area contributed by atoms with Crippen LogP contribution in [0, 0.1) is 11.3 Å². The Morgan fingerprint density at radius 2 is 2.33 bits per heavy atom. The molecule has 0 atom stereocenters. The zero-order valence-electron chi connectivity index (χ0n) is 9.68. The monoisotopic (exact) mass is 263 g/mol. The molecule has 6 heteroatoms. The van der Waals surface area contributed by atoms with Crippen LogP contribution in [0.2, 0.25) is 5.02 Å². The van der Waals surface area contributed by atoms with Crippen LogP contribution in [0.15, 0.2) is 22.7 Å². The van der Waals surface area contributed by atoms with Crippen LogP contribution >= 0.6 is 11.6 Å². The molecule has 1 aromatic heterocycles. The van der Waals surface area contributed by atoms with Crippen LogP contribution in [0.4, 0.5) is 0 Å². The number of rotatable bonds is 4. The molecule has 0 saturated heterocycles. The highest BCUT2D eigenvalue weighted by Gasteiger charge is 2.13. The van der Waals surface area contributed by atoms with E-state index < -0.39 is 0 Å². The van der Waals surface area contributed by atoms with Crippen molar-refractivity contribution in [3.8, 4) is 23.2 Å². The van der Waals surface area contributed by atoms with Gasteiger partial charge in [-0.3, -0.25) is 0 Å². The summed E-state index contributed by atoms with van der Waals surface area (Å²) in [5.74, 6) is 1.44. The second kappa shape index (κ2) is 5.52. The van der Waals surface area contributed by atoms with Gasteiger partial charge in [-0.15, -0.1) is 0 Å². The fourth-order valence-electron chi connectivity index (χ4n) is 1.48. The van der Waals surface area contributed by atoms with E-state index in [2.05, 4.69) is 10.1 Å². The van der Waals surface area contributed by atoms with Gasteiger partial charge >= 0.3 is 0 Å². The molecule has 0 radical (unpaired) electrons. The first kappa shape index (κ1) is 12.4. The Kier molecular flexibility index (Phi) is 3.80. The summed E-state index contributed by atoms with van der Waals surface area (Å²) in [7, 11) is 1.55. The maximum Gasteiger partial charge on any atom is 0.227 e. The highest BCUT2D eigenvalue weighted by Crippen LogP contribution is 2.30. The van der Waals surface area contributed by atoms with Crippen molar-refractivity contribution in [2.45, 2.75) is 12.8 Å².